The average Bonchev–Trinajstić information content (AvgIpc) is 2.74. The van der Waals surface area contributed by atoms with Crippen molar-refractivity contribution in [3.8, 4) is 5.75 Å². The maximum atomic E-state index is 13.0. The Morgan fingerprint density at radius 3 is 2.40 bits per heavy atom. The second-order valence-electron chi connectivity index (χ2n) is 7.91. The van der Waals surface area contributed by atoms with Crippen LogP contribution in [0.2, 0.25) is 5.02 Å². The van der Waals surface area contributed by atoms with Gasteiger partial charge in [0.2, 0.25) is 0 Å². The molecule has 0 aliphatic carbocycles. The van der Waals surface area contributed by atoms with E-state index in [0.29, 0.717) is 10.8 Å². The van der Waals surface area contributed by atoms with Gasteiger partial charge in [-0.15, -0.1) is 0 Å². The van der Waals surface area contributed by atoms with Crippen molar-refractivity contribution in [1.29, 1.82) is 0 Å². The summed E-state index contributed by atoms with van der Waals surface area (Å²) in [5.74, 6) is 0.493. The Morgan fingerprint density at radius 1 is 1.07 bits per heavy atom. The van der Waals surface area contributed by atoms with E-state index in [0.717, 1.165) is 6.42 Å². The first-order chi connectivity index (χ1) is 14.3. The number of hydrogen-bond donors (Lipinski definition) is 1. The predicted molar refractivity (Wildman–Crippen MR) is 121 cm³/mol. The molecule has 3 aromatic rings. The van der Waals surface area contributed by atoms with Gasteiger partial charge in [0.1, 0.15) is 5.75 Å². The molecule has 2 aromatic carbocycles. The van der Waals surface area contributed by atoms with Gasteiger partial charge in [0.15, 0.2) is 5.60 Å². The fourth-order valence-corrected chi connectivity index (χ4v) is 3.51. The molecule has 2 unspecified atom stereocenters. The first-order valence-electron chi connectivity index (χ1n) is 10.0. The zero-order valence-corrected chi connectivity index (χ0v) is 18.3. The van der Waals surface area contributed by atoms with Gasteiger partial charge in [0, 0.05) is 23.2 Å². The van der Waals surface area contributed by atoms with Crippen LogP contribution in [-0.4, -0.2) is 22.5 Å². The zero-order chi connectivity index (χ0) is 21.6. The molecule has 0 bridgehead atoms. The summed E-state index contributed by atoms with van der Waals surface area (Å²) in [7, 11) is 0. The van der Waals surface area contributed by atoms with Gasteiger partial charge in [-0.3, -0.25) is 9.78 Å². The highest BCUT2D eigenvalue weighted by Gasteiger charge is 2.33. The molecule has 30 heavy (non-hydrogen) atoms. The minimum atomic E-state index is -1.03. The van der Waals surface area contributed by atoms with Crippen LogP contribution in [0.4, 0.5) is 0 Å². The molecule has 0 saturated heterocycles. The molecule has 1 N–H and O–H groups in total. The number of halogens is 1. The number of carbonyl (C=O) groups excluding carboxylic acids is 1. The lowest BCUT2D eigenvalue weighted by atomic mass is 9.86. The number of pyridine rings is 1. The molecule has 0 fully saturated rings. The van der Waals surface area contributed by atoms with Gasteiger partial charge in [-0.1, -0.05) is 54.1 Å². The number of rotatable bonds is 8. The van der Waals surface area contributed by atoms with Crippen LogP contribution >= 0.6 is 11.6 Å². The lowest BCUT2D eigenvalue weighted by Gasteiger charge is -2.31. The molecular formula is C25H27ClN2O2. The Morgan fingerprint density at radius 2 is 1.77 bits per heavy atom. The van der Waals surface area contributed by atoms with Crippen LogP contribution in [0.25, 0.3) is 0 Å². The van der Waals surface area contributed by atoms with Crippen LogP contribution in [0.3, 0.4) is 0 Å². The Balaban J connectivity index is 1.76. The normalized spacial score (nSPS) is 13.3. The first kappa shape index (κ1) is 21.8. The van der Waals surface area contributed by atoms with Crippen molar-refractivity contribution in [2.45, 2.75) is 44.8 Å². The van der Waals surface area contributed by atoms with Crippen LogP contribution in [0.5, 0.6) is 5.75 Å². The van der Waals surface area contributed by atoms with Crippen LogP contribution in [0, 0.1) is 0 Å². The smallest absolute Gasteiger partial charge is 0.263 e. The van der Waals surface area contributed by atoms with Crippen molar-refractivity contribution in [3.63, 3.8) is 0 Å². The summed E-state index contributed by atoms with van der Waals surface area (Å²) in [6, 6.07) is 21.6. The summed E-state index contributed by atoms with van der Waals surface area (Å²) in [4.78, 5) is 17.1. The molecule has 0 radical (unpaired) electrons. The van der Waals surface area contributed by atoms with Crippen molar-refractivity contribution in [2.75, 3.05) is 0 Å². The number of nitrogens with one attached hydrogen (secondary N) is 1. The summed E-state index contributed by atoms with van der Waals surface area (Å²) in [5.41, 5.74) is 1.31. The molecule has 156 valence electrons. The maximum Gasteiger partial charge on any atom is 0.263 e. The van der Waals surface area contributed by atoms with E-state index in [4.69, 9.17) is 16.3 Å². The van der Waals surface area contributed by atoms with Crippen molar-refractivity contribution in [3.05, 3.63) is 95.3 Å². The second kappa shape index (κ2) is 9.77. The Bertz CT molecular complexity index is 944. The molecule has 1 aromatic heterocycles. The van der Waals surface area contributed by atoms with Gasteiger partial charge in [-0.25, -0.2) is 0 Å². The van der Waals surface area contributed by atoms with Gasteiger partial charge >= 0.3 is 0 Å². The minimum Gasteiger partial charge on any atom is -0.476 e. The molecule has 2 atom stereocenters. The number of benzene rings is 2. The number of nitrogens with zero attached hydrogens (tertiary/aromatic N) is 1. The highest BCUT2D eigenvalue weighted by molar-refractivity contribution is 6.30. The standard InChI is InChI=1S/C25H27ClN2O2/c1-18(28-24(29)25(2,3)30-22-10-7-15-27-17-22)23(20-8-5-4-6-9-20)16-19-11-13-21(26)14-12-19/h4-15,17-18,23H,16H2,1-3H3,(H,28,29). The van der Waals surface area contributed by atoms with E-state index in [2.05, 4.69) is 22.4 Å². The van der Waals surface area contributed by atoms with Crippen LogP contribution in [0.1, 0.15) is 37.8 Å². The average molecular weight is 423 g/mol. The molecule has 4 nitrogen and oxygen atoms in total. The van der Waals surface area contributed by atoms with Gasteiger partial charge in [0.25, 0.3) is 5.91 Å². The summed E-state index contributed by atoms with van der Waals surface area (Å²) < 4.78 is 5.89. The molecule has 1 heterocycles. The summed E-state index contributed by atoms with van der Waals surface area (Å²) in [6.45, 7) is 5.56. The fraction of sp³-hybridized carbons (Fsp3) is 0.280. The molecule has 0 aliphatic heterocycles. The van der Waals surface area contributed by atoms with Gasteiger partial charge < -0.3 is 10.1 Å². The van der Waals surface area contributed by atoms with Crippen molar-refractivity contribution >= 4 is 17.5 Å². The SMILES string of the molecule is CC(NC(=O)C(C)(C)Oc1cccnc1)C(Cc1ccc(Cl)cc1)c1ccccc1. The molecule has 0 aliphatic rings. The monoisotopic (exact) mass is 422 g/mol. The van der Waals surface area contributed by atoms with E-state index in [1.165, 1.54) is 11.1 Å². The lowest BCUT2D eigenvalue weighted by molar-refractivity contribution is -0.135. The molecule has 0 spiro atoms. The van der Waals surface area contributed by atoms with E-state index in [9.17, 15) is 4.79 Å². The van der Waals surface area contributed by atoms with E-state index >= 15 is 0 Å². The van der Waals surface area contributed by atoms with Crippen molar-refractivity contribution in [2.24, 2.45) is 0 Å². The number of amides is 1. The third-order valence-electron chi connectivity index (χ3n) is 5.11. The first-order valence-corrected chi connectivity index (χ1v) is 10.4. The molecular weight excluding hydrogens is 396 g/mol. The van der Waals surface area contributed by atoms with Crippen molar-refractivity contribution in [1.82, 2.24) is 10.3 Å². The third-order valence-corrected chi connectivity index (χ3v) is 5.37. The number of carbonyl (C=O) groups is 1. The number of ether oxygens (including phenoxy) is 1. The Kier molecular flexibility index (Phi) is 7.11. The van der Waals surface area contributed by atoms with E-state index < -0.39 is 5.60 Å². The second-order valence-corrected chi connectivity index (χ2v) is 8.35. The molecule has 5 heteroatoms. The minimum absolute atomic E-state index is 0.102. The number of aromatic nitrogens is 1. The summed E-state index contributed by atoms with van der Waals surface area (Å²) >= 11 is 6.04. The Hall–Kier alpha value is -2.85. The highest BCUT2D eigenvalue weighted by Crippen LogP contribution is 2.26. The molecule has 0 saturated carbocycles. The summed E-state index contributed by atoms with van der Waals surface area (Å²) in [5, 5.41) is 3.87. The third kappa shape index (κ3) is 5.83. The summed E-state index contributed by atoms with van der Waals surface area (Å²) in [6.07, 6.45) is 4.06. The van der Waals surface area contributed by atoms with Crippen LogP contribution in [-0.2, 0) is 11.2 Å². The quantitative estimate of drug-likeness (QED) is 0.527. The zero-order valence-electron chi connectivity index (χ0n) is 17.5. The largest absolute Gasteiger partial charge is 0.476 e. The molecule has 1 amide bonds. The Labute approximate surface area is 183 Å². The van der Waals surface area contributed by atoms with Gasteiger partial charge in [0.05, 0.1) is 6.20 Å². The number of hydrogen-bond acceptors (Lipinski definition) is 3. The van der Waals surface area contributed by atoms with E-state index in [1.807, 2.05) is 49.4 Å². The van der Waals surface area contributed by atoms with E-state index in [1.54, 1.807) is 38.4 Å². The lowest BCUT2D eigenvalue weighted by Crippen LogP contribution is -2.51. The maximum absolute atomic E-state index is 13.0. The topological polar surface area (TPSA) is 51.2 Å². The predicted octanol–water partition coefficient (Wildman–Crippen LogP) is 5.42. The fourth-order valence-electron chi connectivity index (χ4n) is 3.39. The van der Waals surface area contributed by atoms with Gasteiger partial charge in [-0.05, 0) is 62.6 Å². The molecule has 3 rings (SSSR count). The van der Waals surface area contributed by atoms with Crippen LogP contribution < -0.4 is 10.1 Å². The van der Waals surface area contributed by atoms with Gasteiger partial charge in [-0.2, -0.15) is 0 Å². The van der Waals surface area contributed by atoms with Crippen LogP contribution in [0.15, 0.2) is 79.1 Å². The van der Waals surface area contributed by atoms with E-state index in [-0.39, 0.29) is 17.9 Å². The van der Waals surface area contributed by atoms with Crippen molar-refractivity contribution < 1.29 is 9.53 Å². The highest BCUT2D eigenvalue weighted by atomic mass is 35.5.